The van der Waals surface area contributed by atoms with E-state index < -0.39 is 0 Å². The van der Waals surface area contributed by atoms with Crippen molar-refractivity contribution in [1.82, 2.24) is 15.5 Å². The number of hydrogen-bond donors (Lipinski definition) is 2. The van der Waals surface area contributed by atoms with Crippen LogP contribution in [0.1, 0.15) is 38.2 Å². The van der Waals surface area contributed by atoms with Crippen LogP contribution in [-0.2, 0) is 14.9 Å². The Bertz CT molecular complexity index is 620. The number of carbonyl (C=O) groups is 1. The number of amides is 1. The third-order valence-electron chi connectivity index (χ3n) is 5.61. The van der Waals surface area contributed by atoms with Gasteiger partial charge in [0.25, 0.3) is 0 Å². The molecule has 1 aromatic carbocycles. The van der Waals surface area contributed by atoms with E-state index in [2.05, 4.69) is 46.0 Å². The number of benzene rings is 1. The summed E-state index contributed by atoms with van der Waals surface area (Å²) < 4.78 is 5.61. The van der Waals surface area contributed by atoms with Crippen LogP contribution in [0.3, 0.4) is 0 Å². The normalized spacial score (nSPS) is 19.7. The van der Waals surface area contributed by atoms with E-state index in [4.69, 9.17) is 4.74 Å². The van der Waals surface area contributed by atoms with Crippen molar-refractivity contribution in [3.63, 3.8) is 0 Å². The van der Waals surface area contributed by atoms with Crippen molar-refractivity contribution in [2.75, 3.05) is 45.9 Å². The van der Waals surface area contributed by atoms with Crippen molar-refractivity contribution in [3.8, 4) is 0 Å². The van der Waals surface area contributed by atoms with Gasteiger partial charge in [-0.3, -0.25) is 4.79 Å². The van der Waals surface area contributed by atoms with Crippen molar-refractivity contribution in [3.05, 3.63) is 35.9 Å². The summed E-state index contributed by atoms with van der Waals surface area (Å²) in [5, 5.41) is 6.76. The molecule has 1 aromatic rings. The summed E-state index contributed by atoms with van der Waals surface area (Å²) in [6.07, 6.45) is 4.18. The minimum atomic E-state index is 0.0364. The molecule has 0 unspecified atom stereocenters. The zero-order valence-corrected chi connectivity index (χ0v) is 16.4. The van der Waals surface area contributed by atoms with Gasteiger partial charge in [-0.25, -0.2) is 4.99 Å². The Labute approximate surface area is 162 Å². The number of ether oxygens (including phenoxy) is 1. The van der Waals surface area contributed by atoms with Crippen molar-refractivity contribution < 1.29 is 9.53 Å². The number of hydrogen-bond acceptors (Lipinski definition) is 3. The number of carbonyl (C=O) groups excluding carboxylic acids is 1. The zero-order chi connectivity index (χ0) is 19.0. The van der Waals surface area contributed by atoms with Crippen molar-refractivity contribution >= 4 is 11.9 Å². The molecule has 2 aliphatic heterocycles. The fourth-order valence-electron chi connectivity index (χ4n) is 3.93. The number of rotatable bonds is 6. The molecule has 0 aromatic heterocycles. The van der Waals surface area contributed by atoms with Gasteiger partial charge in [0.2, 0.25) is 5.91 Å². The Morgan fingerprint density at radius 2 is 1.85 bits per heavy atom. The first kappa shape index (κ1) is 19.7. The van der Waals surface area contributed by atoms with E-state index in [9.17, 15) is 4.79 Å². The lowest BCUT2D eigenvalue weighted by atomic mass is 9.74. The van der Waals surface area contributed by atoms with E-state index in [0.29, 0.717) is 5.96 Å². The highest BCUT2D eigenvalue weighted by atomic mass is 16.5. The van der Waals surface area contributed by atoms with E-state index in [1.165, 1.54) is 5.56 Å². The Morgan fingerprint density at radius 1 is 1.15 bits per heavy atom. The molecule has 0 atom stereocenters. The number of nitrogens with one attached hydrogen (secondary N) is 2. The van der Waals surface area contributed by atoms with Gasteiger partial charge >= 0.3 is 0 Å². The van der Waals surface area contributed by atoms with Gasteiger partial charge in [0.05, 0.1) is 0 Å². The molecule has 6 nitrogen and oxygen atoms in total. The van der Waals surface area contributed by atoms with Gasteiger partial charge in [-0.15, -0.1) is 0 Å². The highest BCUT2D eigenvalue weighted by Crippen LogP contribution is 2.34. The molecule has 2 N–H and O–H groups in total. The van der Waals surface area contributed by atoms with Gasteiger partial charge in [0.15, 0.2) is 5.96 Å². The first-order chi connectivity index (χ1) is 13.2. The Hall–Kier alpha value is -2.08. The number of nitrogens with zero attached hydrogens (tertiary/aromatic N) is 2. The maximum Gasteiger partial charge on any atom is 0.244 e. The molecule has 0 radical (unpaired) electrons. The predicted octanol–water partition coefficient (Wildman–Crippen LogP) is 1.91. The van der Waals surface area contributed by atoms with Gasteiger partial charge in [-0.1, -0.05) is 30.3 Å². The number of aliphatic imine (C=N–C) groups is 1. The quantitative estimate of drug-likeness (QED) is 0.591. The second-order valence-electron chi connectivity index (χ2n) is 7.40. The molecular weight excluding hydrogens is 340 g/mol. The summed E-state index contributed by atoms with van der Waals surface area (Å²) in [7, 11) is 0. The van der Waals surface area contributed by atoms with Crippen LogP contribution in [0.4, 0.5) is 0 Å². The molecule has 3 rings (SSSR count). The fourth-order valence-corrected chi connectivity index (χ4v) is 3.93. The van der Waals surface area contributed by atoms with Crippen molar-refractivity contribution in [2.24, 2.45) is 4.99 Å². The Balaban J connectivity index is 1.65. The van der Waals surface area contributed by atoms with Gasteiger partial charge in [-0.05, 0) is 38.2 Å². The van der Waals surface area contributed by atoms with Gasteiger partial charge in [0, 0.05) is 44.8 Å². The van der Waals surface area contributed by atoms with Crippen LogP contribution in [0.5, 0.6) is 0 Å². The van der Waals surface area contributed by atoms with Gasteiger partial charge in [0.1, 0.15) is 6.54 Å². The first-order valence-electron chi connectivity index (χ1n) is 10.2. The summed E-state index contributed by atoms with van der Waals surface area (Å²) in [4.78, 5) is 18.7. The molecule has 1 amide bonds. The van der Waals surface area contributed by atoms with Crippen molar-refractivity contribution in [1.29, 1.82) is 0 Å². The largest absolute Gasteiger partial charge is 0.381 e. The van der Waals surface area contributed by atoms with Crippen LogP contribution in [0.2, 0.25) is 0 Å². The second-order valence-corrected chi connectivity index (χ2v) is 7.40. The van der Waals surface area contributed by atoms with Crippen LogP contribution in [-0.4, -0.2) is 62.7 Å². The van der Waals surface area contributed by atoms with Crippen molar-refractivity contribution in [2.45, 2.75) is 38.0 Å². The van der Waals surface area contributed by atoms with E-state index in [0.717, 1.165) is 65.1 Å². The highest BCUT2D eigenvalue weighted by molar-refractivity contribution is 5.85. The van der Waals surface area contributed by atoms with Crippen LogP contribution in [0.15, 0.2) is 35.3 Å². The lowest BCUT2D eigenvalue weighted by Crippen LogP contribution is -2.48. The standard InChI is InChI=1S/C21H32N4O2/c1-2-22-20(23-16-19(26)25-12-6-7-13-25)24-17-21(10-14-27-15-11-21)18-8-4-3-5-9-18/h3-5,8-9H,2,6-7,10-17H2,1H3,(H2,22,23,24). The molecule has 2 aliphatic rings. The SMILES string of the molecule is CCNC(=NCC(=O)N1CCCC1)NCC1(c2ccccc2)CCOCC1. The highest BCUT2D eigenvalue weighted by Gasteiger charge is 2.34. The maximum absolute atomic E-state index is 12.3. The van der Waals surface area contributed by atoms with Crippen LogP contribution in [0, 0.1) is 0 Å². The third kappa shape index (κ3) is 5.22. The molecular formula is C21H32N4O2. The lowest BCUT2D eigenvalue weighted by molar-refractivity contribution is -0.128. The average Bonchev–Trinajstić information content (AvgIpc) is 3.26. The molecule has 2 saturated heterocycles. The van der Waals surface area contributed by atoms with Crippen LogP contribution in [0.25, 0.3) is 0 Å². The minimum Gasteiger partial charge on any atom is -0.381 e. The van der Waals surface area contributed by atoms with E-state index in [-0.39, 0.29) is 17.9 Å². The molecule has 148 valence electrons. The predicted molar refractivity (Wildman–Crippen MR) is 108 cm³/mol. The number of guanidine groups is 1. The van der Waals surface area contributed by atoms with E-state index in [1.54, 1.807) is 0 Å². The summed E-state index contributed by atoms with van der Waals surface area (Å²) in [6, 6.07) is 10.7. The maximum atomic E-state index is 12.3. The van der Waals surface area contributed by atoms with Crippen LogP contribution >= 0.6 is 0 Å². The molecule has 0 bridgehead atoms. The van der Waals surface area contributed by atoms with E-state index in [1.807, 2.05) is 11.8 Å². The first-order valence-corrected chi connectivity index (χ1v) is 10.2. The molecule has 2 heterocycles. The summed E-state index contributed by atoms with van der Waals surface area (Å²) in [5.41, 5.74) is 1.37. The topological polar surface area (TPSA) is 66.0 Å². The second kappa shape index (κ2) is 9.74. The van der Waals surface area contributed by atoms with Gasteiger partial charge < -0.3 is 20.3 Å². The minimum absolute atomic E-state index is 0.0364. The molecule has 2 fully saturated rings. The summed E-state index contributed by atoms with van der Waals surface area (Å²) in [6.45, 7) is 7.09. The monoisotopic (exact) mass is 372 g/mol. The fraction of sp³-hybridized carbons (Fsp3) is 0.619. The smallest absolute Gasteiger partial charge is 0.244 e. The molecule has 0 saturated carbocycles. The molecule has 0 aliphatic carbocycles. The summed E-state index contributed by atoms with van der Waals surface area (Å²) in [5.74, 6) is 0.834. The molecule has 6 heteroatoms. The number of likely N-dealkylation sites (tertiary alicyclic amines) is 1. The molecule has 27 heavy (non-hydrogen) atoms. The van der Waals surface area contributed by atoms with Gasteiger partial charge in [-0.2, -0.15) is 0 Å². The Morgan fingerprint density at radius 3 is 2.52 bits per heavy atom. The molecule has 0 spiro atoms. The zero-order valence-electron chi connectivity index (χ0n) is 16.4. The lowest BCUT2D eigenvalue weighted by Gasteiger charge is -2.38. The van der Waals surface area contributed by atoms with Crippen LogP contribution < -0.4 is 10.6 Å². The summed E-state index contributed by atoms with van der Waals surface area (Å²) >= 11 is 0. The average molecular weight is 373 g/mol. The Kier molecular flexibility index (Phi) is 7.10. The van der Waals surface area contributed by atoms with E-state index >= 15 is 0 Å². The third-order valence-corrected chi connectivity index (χ3v) is 5.61.